The molecule has 2 aromatic rings. The second kappa shape index (κ2) is 7.74. The Balaban J connectivity index is 2.03. The van der Waals surface area contributed by atoms with Gasteiger partial charge >= 0.3 is 0 Å². The van der Waals surface area contributed by atoms with Crippen molar-refractivity contribution in [3.8, 4) is 23.0 Å². The van der Waals surface area contributed by atoms with E-state index in [9.17, 15) is 30.3 Å². The van der Waals surface area contributed by atoms with Crippen LogP contribution in [0.15, 0.2) is 60.4 Å². The van der Waals surface area contributed by atoms with E-state index in [4.69, 9.17) is 0 Å². The summed E-state index contributed by atoms with van der Waals surface area (Å²) in [6, 6.07) is 8.23. The third-order valence-electron chi connectivity index (χ3n) is 3.18. The first-order valence-electron chi connectivity index (χ1n) is 7.20. The van der Waals surface area contributed by atoms with E-state index in [1.807, 2.05) is 0 Å². The summed E-state index contributed by atoms with van der Waals surface area (Å²) in [5.74, 6) is -1.88. The highest BCUT2D eigenvalue weighted by atomic mass is 16.3. The molecular formula is C19H16O6. The zero-order valence-corrected chi connectivity index (χ0v) is 13.0. The molecule has 6 heteroatoms. The SMILES string of the molecule is O=C(/C=C(O)/C=C/c1ccc(O)c(O)c1)/C=C/c1ccc(O)c(O)c1. The Morgan fingerprint density at radius 1 is 0.720 bits per heavy atom. The number of allylic oxidation sites excluding steroid dienone is 3. The largest absolute Gasteiger partial charge is 0.508 e. The Labute approximate surface area is 143 Å². The lowest BCUT2D eigenvalue weighted by Crippen LogP contribution is -1.88. The summed E-state index contributed by atoms with van der Waals surface area (Å²) in [5.41, 5.74) is 1.03. The zero-order valence-electron chi connectivity index (χ0n) is 13.0. The summed E-state index contributed by atoms with van der Waals surface area (Å²) >= 11 is 0. The van der Waals surface area contributed by atoms with Gasteiger partial charge in [-0.15, -0.1) is 0 Å². The number of rotatable bonds is 5. The lowest BCUT2D eigenvalue weighted by Gasteiger charge is -1.98. The highest BCUT2D eigenvalue weighted by molar-refractivity contribution is 6.02. The summed E-state index contributed by atoms with van der Waals surface area (Å²) in [6.45, 7) is 0. The first-order valence-corrected chi connectivity index (χ1v) is 7.20. The average Bonchev–Trinajstić information content (AvgIpc) is 2.57. The Bertz CT molecular complexity index is 877. The summed E-state index contributed by atoms with van der Waals surface area (Å²) in [5, 5.41) is 46.9. The molecule has 0 aliphatic heterocycles. The number of hydrogen-bond donors (Lipinski definition) is 5. The molecule has 0 bridgehead atoms. The van der Waals surface area contributed by atoms with Crippen LogP contribution in [-0.4, -0.2) is 31.3 Å². The Morgan fingerprint density at radius 2 is 1.20 bits per heavy atom. The van der Waals surface area contributed by atoms with Gasteiger partial charge in [-0.2, -0.15) is 0 Å². The summed E-state index contributed by atoms with van der Waals surface area (Å²) in [6.07, 6.45) is 6.34. The molecule has 0 saturated heterocycles. The second-order valence-electron chi connectivity index (χ2n) is 5.13. The van der Waals surface area contributed by atoms with Crippen molar-refractivity contribution in [3.63, 3.8) is 0 Å². The van der Waals surface area contributed by atoms with Crippen LogP contribution in [0, 0.1) is 0 Å². The molecule has 0 aromatic heterocycles. The molecule has 6 nitrogen and oxygen atoms in total. The number of phenols is 4. The van der Waals surface area contributed by atoms with Gasteiger partial charge in [0.2, 0.25) is 0 Å². The minimum atomic E-state index is -0.483. The van der Waals surface area contributed by atoms with Crippen molar-refractivity contribution in [2.45, 2.75) is 0 Å². The van der Waals surface area contributed by atoms with Gasteiger partial charge in [0.25, 0.3) is 0 Å². The fraction of sp³-hybridized carbons (Fsp3) is 0. The van der Waals surface area contributed by atoms with Crippen molar-refractivity contribution < 1.29 is 30.3 Å². The van der Waals surface area contributed by atoms with Crippen LogP contribution in [0.4, 0.5) is 0 Å². The van der Waals surface area contributed by atoms with Gasteiger partial charge in [0.15, 0.2) is 28.8 Å². The van der Waals surface area contributed by atoms with E-state index in [0.717, 1.165) is 6.08 Å². The van der Waals surface area contributed by atoms with Gasteiger partial charge in [-0.1, -0.05) is 24.3 Å². The molecule has 0 aliphatic carbocycles. The summed E-state index contributed by atoms with van der Waals surface area (Å²) in [7, 11) is 0. The minimum absolute atomic E-state index is 0.252. The van der Waals surface area contributed by atoms with Crippen LogP contribution < -0.4 is 0 Å². The number of aromatic hydroxyl groups is 4. The topological polar surface area (TPSA) is 118 Å². The lowest BCUT2D eigenvalue weighted by atomic mass is 10.1. The van der Waals surface area contributed by atoms with Crippen molar-refractivity contribution in [1.29, 1.82) is 0 Å². The van der Waals surface area contributed by atoms with Crippen LogP contribution in [-0.2, 0) is 4.79 Å². The summed E-state index contributed by atoms with van der Waals surface area (Å²) in [4.78, 5) is 11.7. The van der Waals surface area contributed by atoms with Gasteiger partial charge in [-0.05, 0) is 47.5 Å². The van der Waals surface area contributed by atoms with E-state index in [0.29, 0.717) is 11.1 Å². The highest BCUT2D eigenvalue weighted by Gasteiger charge is 2.00. The quantitative estimate of drug-likeness (QED) is 0.247. The van der Waals surface area contributed by atoms with Crippen LogP contribution in [0.25, 0.3) is 12.2 Å². The third-order valence-corrected chi connectivity index (χ3v) is 3.18. The van der Waals surface area contributed by atoms with Gasteiger partial charge in [-0.25, -0.2) is 0 Å². The van der Waals surface area contributed by atoms with Crippen LogP contribution in [0.1, 0.15) is 11.1 Å². The predicted octanol–water partition coefficient (Wildman–Crippen LogP) is 3.25. The standard InChI is InChI=1S/C19H16O6/c20-14(5-1-12-3-7-16(22)18(24)9-12)11-15(21)6-2-13-4-8-17(23)19(25)10-13/h1-11,20,22-25H/b5-1+,6-2+,14-11-. The van der Waals surface area contributed by atoms with Crippen molar-refractivity contribution in [2.75, 3.05) is 0 Å². The first-order chi connectivity index (χ1) is 11.8. The number of carbonyl (C=O) groups is 1. The fourth-order valence-corrected chi connectivity index (χ4v) is 1.89. The smallest absolute Gasteiger partial charge is 0.182 e. The van der Waals surface area contributed by atoms with E-state index in [1.54, 1.807) is 0 Å². The molecule has 5 N–H and O–H groups in total. The number of benzene rings is 2. The van der Waals surface area contributed by atoms with E-state index in [2.05, 4.69) is 0 Å². The number of phenolic OH excluding ortho intramolecular Hbond substituents is 4. The summed E-state index contributed by atoms with van der Waals surface area (Å²) < 4.78 is 0. The molecule has 2 aromatic carbocycles. The van der Waals surface area contributed by atoms with Crippen LogP contribution in [0.2, 0.25) is 0 Å². The van der Waals surface area contributed by atoms with Gasteiger partial charge in [0, 0.05) is 6.08 Å². The molecular weight excluding hydrogens is 324 g/mol. The maximum absolute atomic E-state index is 11.7. The molecule has 0 heterocycles. The van der Waals surface area contributed by atoms with Crippen LogP contribution >= 0.6 is 0 Å². The Hall–Kier alpha value is -3.67. The minimum Gasteiger partial charge on any atom is -0.508 e. The van der Waals surface area contributed by atoms with Crippen molar-refractivity contribution in [1.82, 2.24) is 0 Å². The molecule has 0 saturated carbocycles. The van der Waals surface area contributed by atoms with Crippen molar-refractivity contribution in [2.24, 2.45) is 0 Å². The maximum Gasteiger partial charge on any atom is 0.182 e. The van der Waals surface area contributed by atoms with Crippen LogP contribution in [0.3, 0.4) is 0 Å². The molecule has 0 amide bonds. The molecule has 2 rings (SSSR count). The Kier molecular flexibility index (Phi) is 5.47. The number of carbonyl (C=O) groups excluding carboxylic acids is 1. The van der Waals surface area contributed by atoms with E-state index in [-0.39, 0.29) is 28.8 Å². The number of aliphatic hydroxyl groups is 1. The van der Waals surface area contributed by atoms with Crippen molar-refractivity contribution >= 4 is 17.9 Å². The average molecular weight is 340 g/mol. The molecule has 128 valence electrons. The highest BCUT2D eigenvalue weighted by Crippen LogP contribution is 2.26. The predicted molar refractivity (Wildman–Crippen MR) is 93.3 cm³/mol. The molecule has 0 spiro atoms. The molecule has 0 unspecified atom stereocenters. The van der Waals surface area contributed by atoms with Gasteiger partial charge in [0.1, 0.15) is 5.76 Å². The lowest BCUT2D eigenvalue weighted by molar-refractivity contribution is -0.110. The molecule has 0 aliphatic rings. The van der Waals surface area contributed by atoms with E-state index < -0.39 is 5.78 Å². The normalized spacial score (nSPS) is 12.1. The van der Waals surface area contributed by atoms with E-state index in [1.165, 1.54) is 60.7 Å². The van der Waals surface area contributed by atoms with Gasteiger partial charge < -0.3 is 25.5 Å². The number of hydrogen-bond acceptors (Lipinski definition) is 6. The second-order valence-corrected chi connectivity index (χ2v) is 5.13. The molecule has 0 fully saturated rings. The monoisotopic (exact) mass is 340 g/mol. The molecule has 0 atom stereocenters. The van der Waals surface area contributed by atoms with E-state index >= 15 is 0 Å². The van der Waals surface area contributed by atoms with Gasteiger partial charge in [-0.3, -0.25) is 4.79 Å². The zero-order chi connectivity index (χ0) is 18.4. The van der Waals surface area contributed by atoms with Crippen LogP contribution in [0.5, 0.6) is 23.0 Å². The maximum atomic E-state index is 11.7. The number of ketones is 1. The van der Waals surface area contributed by atoms with Gasteiger partial charge in [0.05, 0.1) is 0 Å². The third kappa shape index (κ3) is 5.18. The fourth-order valence-electron chi connectivity index (χ4n) is 1.89. The molecule has 25 heavy (non-hydrogen) atoms. The molecule has 0 radical (unpaired) electrons. The number of aliphatic hydroxyl groups excluding tert-OH is 1. The Morgan fingerprint density at radius 3 is 1.68 bits per heavy atom. The van der Waals surface area contributed by atoms with Crippen molar-refractivity contribution in [3.05, 3.63) is 71.5 Å². The first kappa shape index (κ1) is 17.7.